The lowest BCUT2D eigenvalue weighted by Crippen LogP contribution is -2.42. The highest BCUT2D eigenvalue weighted by Gasteiger charge is 2.23. The maximum atomic E-state index is 12.8. The van der Waals surface area contributed by atoms with Crippen LogP contribution in [0.15, 0.2) is 65.5 Å². The van der Waals surface area contributed by atoms with Crippen molar-refractivity contribution >= 4 is 16.7 Å². The van der Waals surface area contributed by atoms with Crippen molar-refractivity contribution in [3.8, 4) is 28.8 Å². The predicted octanol–water partition coefficient (Wildman–Crippen LogP) is 4.66. The van der Waals surface area contributed by atoms with Gasteiger partial charge < -0.3 is 20.0 Å². The first-order valence-electron chi connectivity index (χ1n) is 10.1. The molecule has 0 radical (unpaired) electrons. The minimum atomic E-state index is -1.07. The van der Waals surface area contributed by atoms with Gasteiger partial charge >= 0.3 is 0 Å². The van der Waals surface area contributed by atoms with Crippen LogP contribution in [0.1, 0.15) is 30.0 Å². The van der Waals surface area contributed by atoms with Crippen molar-refractivity contribution in [3.05, 3.63) is 82.4 Å². The van der Waals surface area contributed by atoms with Crippen LogP contribution >= 0.6 is 0 Å². The zero-order chi connectivity index (χ0) is 22.9. The van der Waals surface area contributed by atoms with Gasteiger partial charge in [0.05, 0.1) is 17.1 Å². The van der Waals surface area contributed by atoms with Gasteiger partial charge in [-0.3, -0.25) is 9.59 Å². The number of aromatic amines is 2. The fraction of sp³-hybridized carbons (Fsp3) is 0.160. The SMILES string of the molecule is Cc1[nH]c(-c2ccccc2Oc2ccccc2)c2cc(C(=O)NC(C)(C)C#N)[nH]c(=O)c12. The molecule has 0 saturated carbocycles. The molecule has 1 amide bonds. The fourth-order valence-corrected chi connectivity index (χ4v) is 3.54. The van der Waals surface area contributed by atoms with Gasteiger partial charge in [0.2, 0.25) is 0 Å². The number of aryl methyl sites for hydroxylation is 1. The number of carbonyl (C=O) groups is 1. The first kappa shape index (κ1) is 20.9. The summed E-state index contributed by atoms with van der Waals surface area (Å²) in [6.45, 7) is 4.98. The molecule has 0 fully saturated rings. The number of para-hydroxylation sites is 2. The van der Waals surface area contributed by atoms with Gasteiger partial charge in [0.15, 0.2) is 0 Å². The molecule has 0 bridgehead atoms. The van der Waals surface area contributed by atoms with Crippen molar-refractivity contribution in [1.82, 2.24) is 15.3 Å². The smallest absolute Gasteiger partial charge is 0.269 e. The number of hydrogen-bond acceptors (Lipinski definition) is 4. The Bertz CT molecular complexity index is 1410. The van der Waals surface area contributed by atoms with Crippen molar-refractivity contribution in [2.45, 2.75) is 26.3 Å². The molecule has 32 heavy (non-hydrogen) atoms. The summed E-state index contributed by atoms with van der Waals surface area (Å²) >= 11 is 0. The van der Waals surface area contributed by atoms with Crippen molar-refractivity contribution in [2.24, 2.45) is 0 Å². The molecule has 0 atom stereocenters. The number of nitrogens with zero attached hydrogens (tertiary/aromatic N) is 1. The standard InChI is InChI=1S/C25H22N4O3/c1-15-21-18(13-19(28-24(21)31)23(30)29-25(2,3)14-26)22(27-15)17-11-7-8-12-20(17)32-16-9-5-4-6-10-16/h4-13,27H,1-3H3,(H,28,31)(H,29,30). The van der Waals surface area contributed by atoms with Crippen molar-refractivity contribution < 1.29 is 9.53 Å². The second kappa shape index (κ2) is 8.08. The Labute approximate surface area is 184 Å². The number of rotatable bonds is 5. The number of benzene rings is 2. The second-order valence-electron chi connectivity index (χ2n) is 8.03. The molecular weight excluding hydrogens is 404 g/mol. The van der Waals surface area contributed by atoms with Crippen LogP contribution in [-0.4, -0.2) is 21.4 Å². The summed E-state index contributed by atoms with van der Waals surface area (Å²) in [5.74, 6) is 0.761. The summed E-state index contributed by atoms with van der Waals surface area (Å²) in [6, 6.07) is 20.5. The van der Waals surface area contributed by atoms with E-state index >= 15 is 0 Å². The summed E-state index contributed by atoms with van der Waals surface area (Å²) in [5, 5.41) is 12.9. The minimum absolute atomic E-state index is 0.0764. The quantitative estimate of drug-likeness (QED) is 0.431. The number of amides is 1. The number of nitriles is 1. The van der Waals surface area contributed by atoms with Crippen molar-refractivity contribution in [3.63, 3.8) is 0 Å². The zero-order valence-electron chi connectivity index (χ0n) is 17.9. The third-order valence-corrected chi connectivity index (χ3v) is 5.07. The van der Waals surface area contributed by atoms with Crippen molar-refractivity contribution in [2.75, 3.05) is 0 Å². The lowest BCUT2D eigenvalue weighted by molar-refractivity contribution is 0.0924. The van der Waals surface area contributed by atoms with Crippen molar-refractivity contribution in [1.29, 1.82) is 5.26 Å². The number of hydrogen-bond donors (Lipinski definition) is 3. The third-order valence-electron chi connectivity index (χ3n) is 5.07. The van der Waals surface area contributed by atoms with Crippen LogP contribution in [0.4, 0.5) is 0 Å². The first-order chi connectivity index (χ1) is 15.3. The molecule has 7 nitrogen and oxygen atoms in total. The van der Waals surface area contributed by atoms with E-state index in [1.807, 2.05) is 60.7 Å². The highest BCUT2D eigenvalue weighted by atomic mass is 16.5. The van der Waals surface area contributed by atoms with Gasteiger partial charge in [0.25, 0.3) is 11.5 Å². The Morgan fingerprint density at radius 2 is 1.75 bits per heavy atom. The van der Waals surface area contributed by atoms with E-state index in [-0.39, 0.29) is 11.3 Å². The molecule has 4 aromatic rings. The molecule has 2 heterocycles. The van der Waals surface area contributed by atoms with Gasteiger partial charge in [-0.05, 0) is 51.1 Å². The average Bonchev–Trinajstić information content (AvgIpc) is 3.11. The van der Waals surface area contributed by atoms with E-state index in [4.69, 9.17) is 4.74 Å². The van der Waals surface area contributed by atoms with E-state index < -0.39 is 11.4 Å². The van der Waals surface area contributed by atoms with Crippen LogP contribution < -0.4 is 15.6 Å². The molecule has 2 aromatic heterocycles. The maximum Gasteiger partial charge on any atom is 0.269 e. The Morgan fingerprint density at radius 3 is 2.47 bits per heavy atom. The molecular formula is C25H22N4O3. The van der Waals surface area contributed by atoms with Crippen LogP contribution in [0, 0.1) is 18.3 Å². The van der Waals surface area contributed by atoms with Gasteiger partial charge in [-0.15, -0.1) is 0 Å². The van der Waals surface area contributed by atoms with Crippen LogP contribution in [0.2, 0.25) is 0 Å². The number of fused-ring (bicyclic) bond motifs is 1. The lowest BCUT2D eigenvalue weighted by Gasteiger charge is -2.17. The van der Waals surface area contributed by atoms with Gasteiger partial charge in [-0.1, -0.05) is 30.3 Å². The van der Waals surface area contributed by atoms with Crippen LogP contribution in [0.25, 0.3) is 22.0 Å². The van der Waals surface area contributed by atoms with Gasteiger partial charge in [0.1, 0.15) is 22.7 Å². The zero-order valence-corrected chi connectivity index (χ0v) is 17.9. The Balaban J connectivity index is 1.85. The van der Waals surface area contributed by atoms with E-state index in [1.54, 1.807) is 26.8 Å². The number of aromatic nitrogens is 2. The lowest BCUT2D eigenvalue weighted by atomic mass is 10.0. The molecule has 0 saturated heterocycles. The molecule has 0 aliphatic rings. The topological polar surface area (TPSA) is 111 Å². The monoisotopic (exact) mass is 426 g/mol. The van der Waals surface area contributed by atoms with E-state index in [9.17, 15) is 14.9 Å². The number of H-pyrrole nitrogens is 2. The molecule has 7 heteroatoms. The van der Waals surface area contributed by atoms with Gasteiger partial charge in [-0.25, -0.2) is 0 Å². The molecule has 0 aliphatic carbocycles. The van der Waals surface area contributed by atoms with Crippen LogP contribution in [-0.2, 0) is 0 Å². The third kappa shape index (κ3) is 3.98. The minimum Gasteiger partial charge on any atom is -0.457 e. The van der Waals surface area contributed by atoms with E-state index in [1.165, 1.54) is 0 Å². The number of pyridine rings is 1. The molecule has 3 N–H and O–H groups in total. The first-order valence-corrected chi connectivity index (χ1v) is 10.1. The number of ether oxygens (including phenoxy) is 1. The molecule has 2 aromatic carbocycles. The highest BCUT2D eigenvalue weighted by Crippen LogP contribution is 2.37. The van der Waals surface area contributed by atoms with E-state index in [0.29, 0.717) is 33.7 Å². The molecule has 0 aliphatic heterocycles. The second-order valence-corrected chi connectivity index (χ2v) is 8.03. The normalized spacial score (nSPS) is 11.2. The molecule has 0 spiro atoms. The van der Waals surface area contributed by atoms with E-state index in [2.05, 4.69) is 15.3 Å². The number of carbonyl (C=O) groups excluding carboxylic acids is 1. The van der Waals surface area contributed by atoms with E-state index in [0.717, 1.165) is 5.56 Å². The summed E-state index contributed by atoms with van der Waals surface area (Å²) in [5.41, 5.74) is 0.717. The van der Waals surface area contributed by atoms with Gasteiger partial charge in [0, 0.05) is 16.6 Å². The predicted molar refractivity (Wildman–Crippen MR) is 123 cm³/mol. The van der Waals surface area contributed by atoms with Crippen LogP contribution in [0.3, 0.4) is 0 Å². The summed E-state index contributed by atoms with van der Waals surface area (Å²) in [6.07, 6.45) is 0. The maximum absolute atomic E-state index is 12.8. The number of nitrogens with one attached hydrogen (secondary N) is 3. The largest absolute Gasteiger partial charge is 0.457 e. The van der Waals surface area contributed by atoms with Crippen LogP contribution in [0.5, 0.6) is 11.5 Å². The molecule has 4 rings (SSSR count). The van der Waals surface area contributed by atoms with Gasteiger partial charge in [-0.2, -0.15) is 5.26 Å². The molecule has 160 valence electrons. The Hall–Kier alpha value is -4.31. The highest BCUT2D eigenvalue weighted by molar-refractivity contribution is 6.03. The fourth-order valence-electron chi connectivity index (χ4n) is 3.54. The molecule has 0 unspecified atom stereocenters. The Kier molecular flexibility index (Phi) is 5.29. The summed E-state index contributed by atoms with van der Waals surface area (Å²) in [7, 11) is 0. The summed E-state index contributed by atoms with van der Waals surface area (Å²) in [4.78, 5) is 31.4. The summed E-state index contributed by atoms with van der Waals surface area (Å²) < 4.78 is 6.09. The average molecular weight is 426 g/mol. The Morgan fingerprint density at radius 1 is 1.06 bits per heavy atom.